The van der Waals surface area contributed by atoms with Gasteiger partial charge in [-0.2, -0.15) is 0 Å². The number of ether oxygens (including phenoxy) is 4. The molecule has 0 aliphatic heterocycles. The predicted molar refractivity (Wildman–Crippen MR) is 189 cm³/mol. The van der Waals surface area contributed by atoms with E-state index in [9.17, 15) is 19.2 Å². The summed E-state index contributed by atoms with van der Waals surface area (Å²) in [4.78, 5) is 56.4. The van der Waals surface area contributed by atoms with Crippen LogP contribution in [0.25, 0.3) is 0 Å². The maximum absolute atomic E-state index is 14.2. The van der Waals surface area contributed by atoms with Gasteiger partial charge in [0.2, 0.25) is 0 Å². The van der Waals surface area contributed by atoms with E-state index in [0.717, 1.165) is 116 Å². The fraction of sp³-hybridized carbons (Fsp3) is 0.897. The lowest BCUT2D eigenvalue weighted by molar-refractivity contribution is -0.195. The quantitative estimate of drug-likeness (QED) is 0.0294. The molecule has 0 bridgehead atoms. The third kappa shape index (κ3) is 19.5. The summed E-state index contributed by atoms with van der Waals surface area (Å²) in [5, 5.41) is 0. The van der Waals surface area contributed by atoms with Gasteiger partial charge in [0.15, 0.2) is 0 Å². The Balaban J connectivity index is 6.41. The number of unbranched alkanes of at least 4 members (excludes halogenated alkanes) is 18. The lowest BCUT2D eigenvalue weighted by Crippen LogP contribution is -2.57. The maximum atomic E-state index is 14.2. The molecule has 8 nitrogen and oxygen atoms in total. The van der Waals surface area contributed by atoms with Crippen molar-refractivity contribution in [2.45, 2.75) is 189 Å². The van der Waals surface area contributed by atoms with Gasteiger partial charge in [0.25, 0.3) is 5.41 Å². The first-order chi connectivity index (χ1) is 22.9. The van der Waals surface area contributed by atoms with Crippen molar-refractivity contribution in [2.24, 2.45) is 11.3 Å². The third-order valence-corrected chi connectivity index (χ3v) is 8.80. The molecule has 0 aromatic heterocycles. The van der Waals surface area contributed by atoms with Crippen LogP contribution in [0.4, 0.5) is 0 Å². The molecule has 0 radical (unpaired) electrons. The van der Waals surface area contributed by atoms with Crippen molar-refractivity contribution in [3.63, 3.8) is 0 Å². The summed E-state index contributed by atoms with van der Waals surface area (Å²) in [6, 6.07) is 0. The second-order valence-electron chi connectivity index (χ2n) is 13.1. The van der Waals surface area contributed by atoms with E-state index < -0.39 is 35.2 Å². The van der Waals surface area contributed by atoms with Gasteiger partial charge in [-0.05, 0) is 32.1 Å². The summed E-state index contributed by atoms with van der Waals surface area (Å²) in [6.45, 7) is 10.9. The summed E-state index contributed by atoms with van der Waals surface area (Å²) in [5.74, 6) is -5.29. The largest absolute Gasteiger partial charge is 0.465 e. The SMILES string of the molecule is CCCCCCCOC(=O)C(CCCCC)C(C(=O)OCCCCCCC)(C(=O)OCCCCCCC)C(=O)OCCCCCCC. The van der Waals surface area contributed by atoms with Crippen molar-refractivity contribution in [2.75, 3.05) is 26.4 Å². The van der Waals surface area contributed by atoms with Crippen LogP contribution in [0.2, 0.25) is 0 Å². The molecule has 0 aromatic carbocycles. The Labute approximate surface area is 288 Å². The lowest BCUT2D eigenvalue weighted by Gasteiger charge is -2.33. The van der Waals surface area contributed by atoms with Gasteiger partial charge in [-0.1, -0.05) is 157 Å². The van der Waals surface area contributed by atoms with Crippen LogP contribution in [-0.4, -0.2) is 50.3 Å². The summed E-state index contributed by atoms with van der Waals surface area (Å²) < 4.78 is 22.8. The fourth-order valence-corrected chi connectivity index (χ4v) is 5.72. The van der Waals surface area contributed by atoms with Crippen molar-refractivity contribution in [1.29, 1.82) is 0 Å². The van der Waals surface area contributed by atoms with Crippen LogP contribution in [0, 0.1) is 11.3 Å². The van der Waals surface area contributed by atoms with E-state index in [1.807, 2.05) is 6.92 Å². The van der Waals surface area contributed by atoms with Gasteiger partial charge in [0.1, 0.15) is 0 Å². The molecule has 0 fully saturated rings. The molecule has 0 rings (SSSR count). The fourth-order valence-electron chi connectivity index (χ4n) is 5.72. The molecule has 0 saturated carbocycles. The first kappa shape index (κ1) is 44.9. The molecule has 0 aliphatic carbocycles. The van der Waals surface area contributed by atoms with Gasteiger partial charge in [0.05, 0.1) is 32.3 Å². The minimum atomic E-state index is -2.57. The smallest absolute Gasteiger partial charge is 0.336 e. The molecule has 1 unspecified atom stereocenters. The van der Waals surface area contributed by atoms with Gasteiger partial charge in [0, 0.05) is 0 Å². The molecular weight excluding hydrogens is 596 g/mol. The normalized spacial score (nSPS) is 12.0. The molecule has 276 valence electrons. The van der Waals surface area contributed by atoms with E-state index >= 15 is 0 Å². The van der Waals surface area contributed by atoms with Gasteiger partial charge in [-0.3, -0.25) is 19.2 Å². The van der Waals surface area contributed by atoms with Crippen LogP contribution >= 0.6 is 0 Å². The topological polar surface area (TPSA) is 105 Å². The molecule has 47 heavy (non-hydrogen) atoms. The van der Waals surface area contributed by atoms with Crippen molar-refractivity contribution in [3.8, 4) is 0 Å². The average Bonchev–Trinajstić information content (AvgIpc) is 3.06. The number of esters is 4. The number of carbonyl (C=O) groups excluding carboxylic acids is 4. The first-order valence-electron chi connectivity index (χ1n) is 19.6. The van der Waals surface area contributed by atoms with Gasteiger partial charge < -0.3 is 18.9 Å². The van der Waals surface area contributed by atoms with E-state index in [2.05, 4.69) is 27.7 Å². The molecule has 1 atom stereocenters. The lowest BCUT2D eigenvalue weighted by atomic mass is 9.72. The Kier molecular flexibility index (Phi) is 29.8. The second kappa shape index (κ2) is 31.2. The highest BCUT2D eigenvalue weighted by atomic mass is 16.6. The first-order valence-corrected chi connectivity index (χ1v) is 19.6. The summed E-state index contributed by atoms with van der Waals surface area (Å²) >= 11 is 0. The highest BCUT2D eigenvalue weighted by molar-refractivity contribution is 6.20. The Morgan fingerprint density at radius 3 is 0.979 bits per heavy atom. The molecule has 0 aliphatic rings. The van der Waals surface area contributed by atoms with Crippen LogP contribution < -0.4 is 0 Å². The van der Waals surface area contributed by atoms with Crippen molar-refractivity contribution in [1.82, 2.24) is 0 Å². The van der Waals surface area contributed by atoms with Crippen molar-refractivity contribution in [3.05, 3.63) is 0 Å². The number of hydrogen-bond donors (Lipinski definition) is 0. The standard InChI is InChI=1S/C39H72O8/c1-6-11-16-20-25-30-44-35(40)34(29-24-15-10-5)39(36(41)45-31-26-21-17-12-7-2,37(42)46-32-27-22-18-13-8-3)38(43)47-33-28-23-19-14-9-4/h34H,6-33H2,1-5H3. The molecule has 0 aromatic rings. The van der Waals surface area contributed by atoms with Crippen molar-refractivity contribution >= 4 is 23.9 Å². The molecule has 0 spiro atoms. The highest BCUT2D eigenvalue weighted by Crippen LogP contribution is 2.38. The predicted octanol–water partition coefficient (Wildman–Crippen LogP) is 10.2. The Bertz CT molecular complexity index is 727. The number of rotatable bonds is 33. The van der Waals surface area contributed by atoms with Crippen molar-refractivity contribution < 1.29 is 38.1 Å². The third-order valence-electron chi connectivity index (χ3n) is 8.80. The molecule has 0 amide bonds. The minimum Gasteiger partial charge on any atom is -0.465 e. The minimum absolute atomic E-state index is 0.0487. The summed E-state index contributed by atoms with van der Waals surface area (Å²) in [5.41, 5.74) is -2.57. The van der Waals surface area contributed by atoms with Crippen LogP contribution in [0.1, 0.15) is 189 Å². The second-order valence-corrected chi connectivity index (χ2v) is 13.1. The van der Waals surface area contributed by atoms with Crippen LogP contribution in [0.3, 0.4) is 0 Å². The van der Waals surface area contributed by atoms with E-state index in [1.54, 1.807) is 0 Å². The molecule has 0 N–H and O–H groups in total. The van der Waals surface area contributed by atoms with Gasteiger partial charge in [-0.25, -0.2) is 0 Å². The Hall–Kier alpha value is -2.12. The summed E-state index contributed by atoms with van der Waals surface area (Å²) in [6.07, 6.45) is 21.0. The summed E-state index contributed by atoms with van der Waals surface area (Å²) in [7, 11) is 0. The van der Waals surface area contributed by atoms with Crippen LogP contribution in [0.15, 0.2) is 0 Å². The van der Waals surface area contributed by atoms with E-state index in [1.165, 1.54) is 0 Å². The van der Waals surface area contributed by atoms with Crippen LogP contribution in [-0.2, 0) is 38.1 Å². The Morgan fingerprint density at radius 2 is 0.660 bits per heavy atom. The highest BCUT2D eigenvalue weighted by Gasteiger charge is 2.65. The van der Waals surface area contributed by atoms with E-state index in [4.69, 9.17) is 18.9 Å². The molecule has 0 heterocycles. The zero-order chi connectivity index (χ0) is 35.0. The van der Waals surface area contributed by atoms with E-state index in [0.29, 0.717) is 32.1 Å². The average molecular weight is 669 g/mol. The van der Waals surface area contributed by atoms with Gasteiger partial charge in [-0.15, -0.1) is 0 Å². The van der Waals surface area contributed by atoms with Gasteiger partial charge >= 0.3 is 23.9 Å². The van der Waals surface area contributed by atoms with E-state index in [-0.39, 0.29) is 32.8 Å². The molecule has 8 heteroatoms. The molecule has 0 saturated heterocycles. The zero-order valence-corrected chi connectivity index (χ0v) is 31.1. The number of carbonyl (C=O) groups is 4. The number of hydrogen-bond acceptors (Lipinski definition) is 8. The zero-order valence-electron chi connectivity index (χ0n) is 31.1. The monoisotopic (exact) mass is 669 g/mol. The van der Waals surface area contributed by atoms with Crippen LogP contribution in [0.5, 0.6) is 0 Å². The maximum Gasteiger partial charge on any atom is 0.336 e. The molecular formula is C39H72O8. The Morgan fingerprint density at radius 1 is 0.383 bits per heavy atom.